The first-order chi connectivity index (χ1) is 24.6. The van der Waals surface area contributed by atoms with Crippen LogP contribution in [0.3, 0.4) is 0 Å². The summed E-state index contributed by atoms with van der Waals surface area (Å²) < 4.78 is 10.6. The Balaban J connectivity index is 1.47. The number of hydrogen-bond donors (Lipinski definition) is 4. The molecule has 52 heavy (non-hydrogen) atoms. The molecule has 0 aliphatic carbocycles. The van der Waals surface area contributed by atoms with Crippen LogP contribution in [0, 0.1) is 13.8 Å². The van der Waals surface area contributed by atoms with Crippen LogP contribution in [0.4, 0.5) is 4.79 Å². The van der Waals surface area contributed by atoms with Gasteiger partial charge in [-0.3, -0.25) is 9.78 Å². The predicted molar refractivity (Wildman–Crippen MR) is 201 cm³/mol. The van der Waals surface area contributed by atoms with E-state index in [-0.39, 0.29) is 48.4 Å². The number of hydrogen-bond acceptors (Lipinski definition) is 8. The molecule has 8 bridgehead atoms. The molecular weight excluding hydrogens is 660 g/mol. The highest BCUT2D eigenvalue weighted by molar-refractivity contribution is 6.18. The molecule has 0 fully saturated rings. The van der Waals surface area contributed by atoms with Gasteiger partial charge in [0.05, 0.1) is 28.2 Å². The van der Waals surface area contributed by atoms with Crippen LogP contribution in [0.1, 0.15) is 133 Å². The highest BCUT2D eigenvalue weighted by atomic mass is 16.6. The van der Waals surface area contributed by atoms with E-state index < -0.39 is 23.6 Å². The lowest BCUT2D eigenvalue weighted by molar-refractivity contribution is -0.121. The second kappa shape index (κ2) is 13.9. The van der Waals surface area contributed by atoms with E-state index in [9.17, 15) is 19.2 Å². The van der Waals surface area contributed by atoms with Crippen LogP contribution < -0.4 is 10.6 Å². The molecule has 3 aromatic heterocycles. The van der Waals surface area contributed by atoms with Crippen molar-refractivity contribution in [1.82, 2.24) is 30.6 Å². The van der Waals surface area contributed by atoms with Gasteiger partial charge in [0.1, 0.15) is 11.2 Å². The number of allylic oxidation sites excluding steroid dienone is 2. The zero-order valence-corrected chi connectivity index (χ0v) is 31.1. The molecule has 0 aromatic carbocycles. The number of rotatable bonds is 8. The molecule has 4 N–H and O–H groups in total. The van der Waals surface area contributed by atoms with E-state index in [0.29, 0.717) is 34.4 Å². The first-order valence-electron chi connectivity index (χ1n) is 17.7. The second-order valence-electron chi connectivity index (χ2n) is 14.6. The number of esters is 2. The maximum atomic E-state index is 13.7. The number of carbonyl (C=O) groups is 4. The lowest BCUT2D eigenvalue weighted by Gasteiger charge is -2.20. The molecule has 12 nitrogen and oxygen atoms in total. The van der Waals surface area contributed by atoms with Gasteiger partial charge in [-0.05, 0) is 94.9 Å². The van der Waals surface area contributed by atoms with Crippen LogP contribution in [0.5, 0.6) is 0 Å². The fraction of sp³-hybridized carbons (Fsp3) is 0.400. The highest BCUT2D eigenvalue weighted by Gasteiger charge is 2.38. The Morgan fingerprint density at radius 2 is 1.62 bits per heavy atom. The third kappa shape index (κ3) is 6.77. The molecular formula is C40H46N6O6. The zero-order valence-electron chi connectivity index (χ0n) is 31.1. The van der Waals surface area contributed by atoms with E-state index in [2.05, 4.69) is 41.0 Å². The van der Waals surface area contributed by atoms with Crippen molar-refractivity contribution >= 4 is 63.2 Å². The number of ether oxygens (including phenoxy) is 2. The number of amides is 2. The van der Waals surface area contributed by atoms with Crippen LogP contribution in [0.25, 0.3) is 39.3 Å². The normalized spacial score (nSPS) is 16.8. The summed E-state index contributed by atoms with van der Waals surface area (Å²) in [7, 11) is 0. The minimum absolute atomic E-state index is 0.135. The van der Waals surface area contributed by atoms with E-state index in [1.54, 1.807) is 20.8 Å². The van der Waals surface area contributed by atoms with Crippen molar-refractivity contribution in [2.45, 2.75) is 92.1 Å². The minimum atomic E-state index is -0.790. The van der Waals surface area contributed by atoms with E-state index >= 15 is 0 Å². The summed E-state index contributed by atoms with van der Waals surface area (Å²) in [5.74, 6) is -2.29. The molecule has 0 saturated heterocycles. The lowest BCUT2D eigenvalue weighted by Crippen LogP contribution is -2.37. The maximum absolute atomic E-state index is 13.7. The Morgan fingerprint density at radius 1 is 0.942 bits per heavy atom. The van der Waals surface area contributed by atoms with Gasteiger partial charge in [0.15, 0.2) is 0 Å². The standard InChI is InChI=1S/C40H46N6O6/c1-10-23-19(3)26-16-28-21(5)25(12-13-32(47)41-14-15-42-39(50)52-40(7,8)9)35(45-28)34-36-33(37(48)51-38(34)49)22(6)29(46-36)18-31-24(11-2)20(4)27(44-31)17-30(23)43-26/h10,16-18,21,25,43,46H,1,11-15H2,2-9H3,(H,41,47)(H,42,50)/t21-,25-/m0/s1. The number of H-pyrrole nitrogens is 2. The quantitative estimate of drug-likeness (QED) is 0.106. The molecule has 0 radical (unpaired) electrons. The first-order valence-corrected chi connectivity index (χ1v) is 17.7. The molecule has 6 heterocycles. The number of fused-ring (bicyclic) bond motifs is 8. The van der Waals surface area contributed by atoms with Crippen molar-refractivity contribution in [1.29, 1.82) is 0 Å². The Labute approximate surface area is 302 Å². The van der Waals surface area contributed by atoms with Crippen LogP contribution >= 0.6 is 0 Å². The second-order valence-corrected chi connectivity index (χ2v) is 14.6. The van der Waals surface area contributed by atoms with Crippen molar-refractivity contribution in [2.75, 3.05) is 13.1 Å². The molecule has 6 rings (SSSR count). The average Bonchev–Trinajstić information content (AvgIpc) is 3.74. The van der Waals surface area contributed by atoms with Gasteiger partial charge in [0.25, 0.3) is 0 Å². The van der Waals surface area contributed by atoms with E-state index in [1.165, 1.54) is 0 Å². The van der Waals surface area contributed by atoms with Gasteiger partial charge < -0.3 is 30.1 Å². The van der Waals surface area contributed by atoms with Crippen molar-refractivity contribution in [3.05, 3.63) is 75.4 Å². The van der Waals surface area contributed by atoms with Gasteiger partial charge in [-0.2, -0.15) is 0 Å². The summed E-state index contributed by atoms with van der Waals surface area (Å²) >= 11 is 0. The van der Waals surface area contributed by atoms with Gasteiger partial charge in [0, 0.05) is 59.2 Å². The predicted octanol–water partition coefficient (Wildman–Crippen LogP) is 7.53. The molecule has 2 amide bonds. The minimum Gasteiger partial charge on any atom is -0.444 e. The van der Waals surface area contributed by atoms with Gasteiger partial charge in [-0.15, -0.1) is 0 Å². The third-order valence-corrected chi connectivity index (χ3v) is 10.0. The number of nitrogens with one attached hydrogen (secondary N) is 4. The SMILES string of the molecule is C=Cc1c(C)c2cc3nc(c4c5[nH]c(cc6nc(cc1[nH]2)C(C)=C6CC)c(C)c5C(=O)OC4=O)[C@@H](CCC(=O)NCCNC(=O)OC(C)(C)C)[C@@H]3C. The van der Waals surface area contributed by atoms with Crippen molar-refractivity contribution < 1.29 is 28.7 Å². The van der Waals surface area contributed by atoms with Crippen molar-refractivity contribution in [3.8, 4) is 0 Å². The third-order valence-electron chi connectivity index (χ3n) is 10.0. The summed E-state index contributed by atoms with van der Waals surface area (Å²) in [6.07, 6.45) is 2.51. The molecule has 12 heteroatoms. The molecule has 2 atom stereocenters. The van der Waals surface area contributed by atoms with Gasteiger partial charge in [-0.25, -0.2) is 19.4 Å². The van der Waals surface area contributed by atoms with Crippen molar-refractivity contribution in [2.24, 2.45) is 0 Å². The van der Waals surface area contributed by atoms with Crippen molar-refractivity contribution in [3.63, 3.8) is 0 Å². The van der Waals surface area contributed by atoms with E-state index in [1.807, 2.05) is 45.0 Å². The van der Waals surface area contributed by atoms with Crippen LogP contribution in [0.15, 0.2) is 24.8 Å². The number of aryl methyl sites for hydroxylation is 2. The molecule has 3 aliphatic rings. The summed E-state index contributed by atoms with van der Waals surface area (Å²) in [6.45, 7) is 19.8. The fourth-order valence-corrected chi connectivity index (χ4v) is 7.26. The van der Waals surface area contributed by atoms with Gasteiger partial charge >= 0.3 is 18.0 Å². The zero-order chi connectivity index (χ0) is 37.6. The lowest BCUT2D eigenvalue weighted by atomic mass is 9.85. The number of cyclic esters (lactones) is 2. The topological polar surface area (TPSA) is 168 Å². The molecule has 3 aromatic rings. The largest absolute Gasteiger partial charge is 0.444 e. The monoisotopic (exact) mass is 706 g/mol. The summed E-state index contributed by atoms with van der Waals surface area (Å²) in [5, 5.41) is 5.49. The molecule has 0 unspecified atom stereocenters. The summed E-state index contributed by atoms with van der Waals surface area (Å²) in [6, 6.07) is 5.93. The summed E-state index contributed by atoms with van der Waals surface area (Å²) in [4.78, 5) is 69.0. The first kappa shape index (κ1) is 36.3. The number of carbonyl (C=O) groups excluding carboxylic acids is 4. The van der Waals surface area contributed by atoms with Crippen LogP contribution in [-0.2, 0) is 14.3 Å². The van der Waals surface area contributed by atoms with Gasteiger partial charge in [-0.1, -0.05) is 26.5 Å². The maximum Gasteiger partial charge on any atom is 0.407 e. The molecule has 0 saturated carbocycles. The molecule has 272 valence electrons. The Hall–Kier alpha value is -5.52. The number of aromatic nitrogens is 4. The Morgan fingerprint density at radius 3 is 2.31 bits per heavy atom. The van der Waals surface area contributed by atoms with E-state index in [0.717, 1.165) is 51.1 Å². The fourth-order valence-electron chi connectivity index (χ4n) is 7.26. The smallest absolute Gasteiger partial charge is 0.407 e. The Kier molecular flexibility index (Phi) is 9.69. The molecule has 3 aliphatic heterocycles. The van der Waals surface area contributed by atoms with E-state index in [4.69, 9.17) is 19.4 Å². The summed E-state index contributed by atoms with van der Waals surface area (Å²) in [5.41, 5.74) is 9.99. The van der Waals surface area contributed by atoms with Gasteiger partial charge in [0.2, 0.25) is 5.91 Å². The van der Waals surface area contributed by atoms with Crippen LogP contribution in [0.2, 0.25) is 0 Å². The molecule has 0 spiro atoms. The Bertz CT molecular complexity index is 2230. The number of alkyl carbamates (subject to hydrolysis) is 1. The van der Waals surface area contributed by atoms with Crippen LogP contribution in [-0.4, -0.2) is 62.6 Å². The average molecular weight is 707 g/mol. The number of aromatic amines is 2. The number of nitrogens with zero attached hydrogens (tertiary/aromatic N) is 2. The highest BCUT2D eigenvalue weighted by Crippen LogP contribution is 2.44.